The van der Waals surface area contributed by atoms with Crippen LogP contribution in [0.1, 0.15) is 5.56 Å². The van der Waals surface area contributed by atoms with Crippen molar-refractivity contribution in [1.29, 1.82) is 0 Å². The number of sulfonamides is 1. The fraction of sp³-hybridized carbons (Fsp3) is 0.143. The minimum atomic E-state index is -4.03. The number of hydrogen-bond donors (Lipinski definition) is 1. The van der Waals surface area contributed by atoms with E-state index in [9.17, 15) is 22.9 Å². The molecule has 2 rings (SSSR count). The van der Waals surface area contributed by atoms with E-state index in [1.165, 1.54) is 7.11 Å². The third-order valence-corrected chi connectivity index (χ3v) is 4.47. The molecule has 2 aromatic rings. The number of halogens is 1. The van der Waals surface area contributed by atoms with E-state index in [1.807, 2.05) is 0 Å². The Morgan fingerprint density at radius 3 is 2.61 bits per heavy atom. The summed E-state index contributed by atoms with van der Waals surface area (Å²) in [6.07, 6.45) is 0. The number of nitrogens with one attached hydrogen (secondary N) is 1. The smallest absolute Gasteiger partial charge is 0.306 e. The van der Waals surface area contributed by atoms with Gasteiger partial charge in [-0.25, -0.2) is 13.1 Å². The maximum absolute atomic E-state index is 13.3. The highest BCUT2D eigenvalue weighted by Crippen LogP contribution is 2.22. The Hall–Kier alpha value is -2.52. The van der Waals surface area contributed by atoms with Crippen LogP contribution >= 0.6 is 0 Å². The van der Waals surface area contributed by atoms with E-state index in [4.69, 9.17) is 4.74 Å². The largest absolute Gasteiger partial charge is 0.496 e. The quantitative estimate of drug-likeness (QED) is 0.642. The first-order valence-corrected chi connectivity index (χ1v) is 7.89. The fourth-order valence-corrected chi connectivity index (χ4v) is 2.93. The number of para-hydroxylation sites is 1. The highest BCUT2D eigenvalue weighted by atomic mass is 32.2. The normalized spacial score (nSPS) is 11.2. The maximum atomic E-state index is 13.3. The van der Waals surface area contributed by atoms with Crippen LogP contribution in [0.15, 0.2) is 47.4 Å². The first kappa shape index (κ1) is 16.8. The van der Waals surface area contributed by atoms with Crippen LogP contribution in [0, 0.1) is 15.9 Å². The number of nitro benzene ring substituents is 1. The summed E-state index contributed by atoms with van der Waals surface area (Å²) in [6, 6.07) is 9.19. The third kappa shape index (κ3) is 3.82. The van der Waals surface area contributed by atoms with Gasteiger partial charge in [0.05, 0.1) is 16.9 Å². The number of nitro groups is 1. The van der Waals surface area contributed by atoms with Gasteiger partial charge >= 0.3 is 5.69 Å². The van der Waals surface area contributed by atoms with Crippen molar-refractivity contribution < 1.29 is 22.5 Å². The molecule has 7 nitrogen and oxygen atoms in total. The molecule has 0 atom stereocenters. The number of hydrogen-bond acceptors (Lipinski definition) is 5. The molecular formula is C14H13FN2O5S. The Bertz CT molecular complexity index is 839. The first-order valence-electron chi connectivity index (χ1n) is 6.40. The van der Waals surface area contributed by atoms with Gasteiger partial charge in [0.2, 0.25) is 15.8 Å². The van der Waals surface area contributed by atoms with Crippen molar-refractivity contribution in [2.45, 2.75) is 11.4 Å². The lowest BCUT2D eigenvalue weighted by Crippen LogP contribution is -2.23. The number of benzene rings is 2. The van der Waals surface area contributed by atoms with Gasteiger partial charge in [-0.15, -0.1) is 0 Å². The SMILES string of the molecule is COc1ccccc1CNS(=O)(=O)c1ccc(F)c([N+](=O)[O-])c1. The van der Waals surface area contributed by atoms with Gasteiger partial charge in [0.25, 0.3) is 0 Å². The van der Waals surface area contributed by atoms with Crippen LogP contribution in [0.4, 0.5) is 10.1 Å². The Morgan fingerprint density at radius 1 is 1.26 bits per heavy atom. The molecule has 0 aliphatic heterocycles. The van der Waals surface area contributed by atoms with Gasteiger partial charge in [-0.3, -0.25) is 10.1 Å². The summed E-state index contributed by atoms with van der Waals surface area (Å²) in [5, 5.41) is 10.7. The van der Waals surface area contributed by atoms with Crippen LogP contribution in [0.5, 0.6) is 5.75 Å². The zero-order chi connectivity index (χ0) is 17.0. The lowest BCUT2D eigenvalue weighted by atomic mass is 10.2. The average molecular weight is 340 g/mol. The van der Waals surface area contributed by atoms with Crippen molar-refractivity contribution in [2.24, 2.45) is 0 Å². The lowest BCUT2D eigenvalue weighted by Gasteiger charge is -2.10. The van der Waals surface area contributed by atoms with E-state index in [2.05, 4.69) is 4.72 Å². The van der Waals surface area contributed by atoms with Crippen molar-refractivity contribution in [3.05, 3.63) is 64.0 Å². The number of methoxy groups -OCH3 is 1. The molecule has 0 amide bonds. The van der Waals surface area contributed by atoms with Gasteiger partial charge < -0.3 is 4.74 Å². The monoisotopic (exact) mass is 340 g/mol. The summed E-state index contributed by atoms with van der Waals surface area (Å²) in [7, 11) is -2.58. The molecule has 0 unspecified atom stereocenters. The zero-order valence-corrected chi connectivity index (χ0v) is 12.8. The molecule has 1 N–H and O–H groups in total. The van der Waals surface area contributed by atoms with E-state index < -0.39 is 26.5 Å². The highest BCUT2D eigenvalue weighted by Gasteiger charge is 2.21. The van der Waals surface area contributed by atoms with Gasteiger partial charge in [0.15, 0.2) is 0 Å². The van der Waals surface area contributed by atoms with E-state index in [1.54, 1.807) is 24.3 Å². The Morgan fingerprint density at radius 2 is 1.96 bits per heavy atom. The van der Waals surface area contributed by atoms with Crippen LogP contribution in [-0.2, 0) is 16.6 Å². The molecule has 0 saturated heterocycles. The molecule has 0 aliphatic carbocycles. The predicted octanol–water partition coefficient (Wildman–Crippen LogP) is 2.22. The van der Waals surface area contributed by atoms with Crippen LogP contribution in [0.3, 0.4) is 0 Å². The van der Waals surface area contributed by atoms with Crippen molar-refractivity contribution in [3.8, 4) is 5.75 Å². The fourth-order valence-electron chi connectivity index (χ4n) is 1.90. The first-order chi connectivity index (χ1) is 10.8. The maximum Gasteiger partial charge on any atom is 0.306 e. The molecule has 0 radical (unpaired) electrons. The summed E-state index contributed by atoms with van der Waals surface area (Å²) in [4.78, 5) is 9.33. The number of nitrogens with zero attached hydrogens (tertiary/aromatic N) is 1. The molecule has 0 heterocycles. The average Bonchev–Trinajstić information content (AvgIpc) is 2.53. The van der Waals surface area contributed by atoms with E-state index in [-0.39, 0.29) is 11.4 Å². The van der Waals surface area contributed by atoms with Crippen molar-refractivity contribution in [3.63, 3.8) is 0 Å². The molecular weight excluding hydrogens is 327 g/mol. The second-order valence-electron chi connectivity index (χ2n) is 4.51. The van der Waals surface area contributed by atoms with Crippen molar-refractivity contribution in [1.82, 2.24) is 4.72 Å². The second-order valence-corrected chi connectivity index (χ2v) is 6.27. The van der Waals surface area contributed by atoms with Crippen molar-refractivity contribution in [2.75, 3.05) is 7.11 Å². The van der Waals surface area contributed by atoms with Crippen LogP contribution in [0.2, 0.25) is 0 Å². The summed E-state index contributed by atoms with van der Waals surface area (Å²) >= 11 is 0. The van der Waals surface area contributed by atoms with Gasteiger partial charge in [0, 0.05) is 18.2 Å². The predicted molar refractivity (Wildman–Crippen MR) is 80.1 cm³/mol. The van der Waals surface area contributed by atoms with E-state index in [0.717, 1.165) is 12.1 Å². The molecule has 0 aromatic heterocycles. The van der Waals surface area contributed by atoms with Gasteiger partial charge in [0.1, 0.15) is 5.75 Å². The molecule has 0 spiro atoms. The Balaban J connectivity index is 2.26. The summed E-state index contributed by atoms with van der Waals surface area (Å²) in [5.41, 5.74) is -0.305. The molecule has 9 heteroatoms. The van der Waals surface area contributed by atoms with Crippen LogP contribution < -0.4 is 9.46 Å². The molecule has 0 aliphatic rings. The molecule has 23 heavy (non-hydrogen) atoms. The number of rotatable bonds is 6. The molecule has 0 fully saturated rings. The molecule has 122 valence electrons. The highest BCUT2D eigenvalue weighted by molar-refractivity contribution is 7.89. The Kier molecular flexibility index (Phi) is 4.92. The van der Waals surface area contributed by atoms with Crippen LogP contribution in [-0.4, -0.2) is 20.5 Å². The minimum Gasteiger partial charge on any atom is -0.496 e. The van der Waals surface area contributed by atoms with E-state index in [0.29, 0.717) is 17.4 Å². The molecule has 0 saturated carbocycles. The van der Waals surface area contributed by atoms with Crippen LogP contribution in [0.25, 0.3) is 0 Å². The molecule has 2 aromatic carbocycles. The standard InChI is InChI=1S/C14H13FN2O5S/c1-22-14-5-3-2-4-10(14)9-16-23(20,21)11-6-7-12(15)13(8-11)17(18)19/h2-8,16H,9H2,1H3. The van der Waals surface area contributed by atoms with Gasteiger partial charge in [-0.05, 0) is 18.2 Å². The summed E-state index contributed by atoms with van der Waals surface area (Å²) < 4.78 is 45.1. The Labute approximate surface area is 131 Å². The minimum absolute atomic E-state index is 0.0719. The lowest BCUT2D eigenvalue weighted by molar-refractivity contribution is -0.387. The third-order valence-electron chi connectivity index (χ3n) is 3.07. The second kappa shape index (κ2) is 6.71. The topological polar surface area (TPSA) is 98.5 Å². The zero-order valence-electron chi connectivity index (χ0n) is 12.0. The van der Waals surface area contributed by atoms with Crippen molar-refractivity contribution >= 4 is 15.7 Å². The van der Waals surface area contributed by atoms with Gasteiger partial charge in [-0.1, -0.05) is 18.2 Å². The summed E-state index contributed by atoms with van der Waals surface area (Å²) in [6.45, 7) is -0.0719. The molecule has 0 bridgehead atoms. The number of ether oxygens (including phenoxy) is 1. The van der Waals surface area contributed by atoms with Gasteiger partial charge in [-0.2, -0.15) is 4.39 Å². The van der Waals surface area contributed by atoms with E-state index >= 15 is 0 Å². The summed E-state index contributed by atoms with van der Waals surface area (Å²) in [5.74, 6) is -0.598.